The number of thiazole rings is 1. The first-order chi connectivity index (χ1) is 12.8. The predicted octanol–water partition coefficient (Wildman–Crippen LogP) is 6.15. The van der Waals surface area contributed by atoms with Gasteiger partial charge < -0.3 is 5.32 Å². The fourth-order valence-corrected chi connectivity index (χ4v) is 4.32. The molecule has 0 saturated heterocycles. The zero-order valence-corrected chi connectivity index (χ0v) is 15.9. The Kier molecular flexibility index (Phi) is 5.15. The largest absolute Gasteiger partial charge is 0.316 e. The summed E-state index contributed by atoms with van der Waals surface area (Å²) in [6, 6.07) is 17.9. The van der Waals surface area contributed by atoms with E-state index in [0.29, 0.717) is 11.0 Å². The van der Waals surface area contributed by atoms with E-state index in [1.54, 1.807) is 35.5 Å². The van der Waals surface area contributed by atoms with Crippen molar-refractivity contribution >= 4 is 45.6 Å². The van der Waals surface area contributed by atoms with Gasteiger partial charge in [0, 0.05) is 28.4 Å². The second-order valence-electron chi connectivity index (χ2n) is 5.32. The molecule has 0 aliphatic rings. The summed E-state index contributed by atoms with van der Waals surface area (Å²) in [5.41, 5.74) is 1.09. The fourth-order valence-electron chi connectivity index (χ4n) is 2.31. The smallest absolute Gasteiger partial charge is 0.188 e. The van der Waals surface area contributed by atoms with Gasteiger partial charge in [0.2, 0.25) is 0 Å². The van der Waals surface area contributed by atoms with Gasteiger partial charge in [-0.2, -0.15) is 0 Å². The minimum atomic E-state index is 0.444. The minimum absolute atomic E-state index is 0.444. The van der Waals surface area contributed by atoms with Crippen molar-refractivity contribution in [1.82, 2.24) is 15.0 Å². The van der Waals surface area contributed by atoms with Gasteiger partial charge in [0.15, 0.2) is 5.13 Å². The fraction of sp³-hybridized carbons (Fsp3) is 0. The number of benzene rings is 1. The number of hydrogen-bond donors (Lipinski definition) is 1. The Morgan fingerprint density at radius 1 is 0.962 bits per heavy atom. The topological polar surface area (TPSA) is 50.7 Å². The first-order valence-corrected chi connectivity index (χ1v) is 9.81. The summed E-state index contributed by atoms with van der Waals surface area (Å²) in [4.78, 5) is 16.1. The highest BCUT2D eigenvalue weighted by atomic mass is 35.5. The minimum Gasteiger partial charge on any atom is -0.316 e. The van der Waals surface area contributed by atoms with E-state index in [1.807, 2.05) is 48.7 Å². The van der Waals surface area contributed by atoms with Crippen LogP contribution in [0.5, 0.6) is 0 Å². The molecule has 1 N–H and O–H groups in total. The summed E-state index contributed by atoms with van der Waals surface area (Å²) in [5, 5.41) is 4.45. The number of pyridine rings is 2. The van der Waals surface area contributed by atoms with Gasteiger partial charge in [-0.1, -0.05) is 52.9 Å². The van der Waals surface area contributed by atoms with Crippen molar-refractivity contribution in [3.8, 4) is 10.4 Å². The highest BCUT2D eigenvalue weighted by Crippen LogP contribution is 2.33. The molecule has 0 amide bonds. The summed E-state index contributed by atoms with van der Waals surface area (Å²) in [6.07, 6.45) is 5.38. The van der Waals surface area contributed by atoms with Gasteiger partial charge in [-0.05, 0) is 42.0 Å². The van der Waals surface area contributed by atoms with Crippen LogP contribution in [0.4, 0.5) is 10.9 Å². The molecule has 7 heteroatoms. The number of nitrogens with zero attached hydrogens (tertiary/aromatic N) is 3. The lowest BCUT2D eigenvalue weighted by Crippen LogP contribution is -1.93. The summed E-state index contributed by atoms with van der Waals surface area (Å²) >= 11 is 9.39. The zero-order chi connectivity index (χ0) is 17.8. The van der Waals surface area contributed by atoms with Crippen LogP contribution in [0.3, 0.4) is 0 Å². The van der Waals surface area contributed by atoms with E-state index in [2.05, 4.69) is 32.4 Å². The molecule has 0 bridgehead atoms. The Balaban J connectivity index is 1.54. The zero-order valence-electron chi connectivity index (χ0n) is 13.5. The average Bonchev–Trinajstić information content (AvgIpc) is 3.11. The van der Waals surface area contributed by atoms with Crippen molar-refractivity contribution in [3.63, 3.8) is 0 Å². The van der Waals surface area contributed by atoms with Crippen LogP contribution in [0.15, 0.2) is 83.0 Å². The summed E-state index contributed by atoms with van der Waals surface area (Å²) in [7, 11) is 0. The van der Waals surface area contributed by atoms with E-state index in [-0.39, 0.29) is 0 Å². The van der Waals surface area contributed by atoms with E-state index >= 15 is 0 Å². The van der Waals surface area contributed by atoms with Gasteiger partial charge in [0.1, 0.15) is 11.0 Å². The van der Waals surface area contributed by atoms with Crippen molar-refractivity contribution in [2.75, 3.05) is 5.32 Å². The van der Waals surface area contributed by atoms with Gasteiger partial charge >= 0.3 is 0 Å². The van der Waals surface area contributed by atoms with Crippen LogP contribution in [-0.2, 0) is 0 Å². The molecular formula is C19H13ClN4S2. The molecule has 0 aliphatic carbocycles. The Morgan fingerprint density at radius 2 is 1.77 bits per heavy atom. The molecule has 4 nitrogen and oxygen atoms in total. The van der Waals surface area contributed by atoms with Gasteiger partial charge in [-0.25, -0.2) is 9.97 Å². The molecule has 4 rings (SSSR count). The van der Waals surface area contributed by atoms with Crippen LogP contribution in [0.25, 0.3) is 10.4 Å². The Labute approximate surface area is 164 Å². The molecule has 128 valence electrons. The average molecular weight is 397 g/mol. The lowest BCUT2D eigenvalue weighted by Gasteiger charge is -2.06. The quantitative estimate of drug-likeness (QED) is 0.410. The maximum absolute atomic E-state index is 6.20. The molecule has 3 aromatic heterocycles. The summed E-state index contributed by atoms with van der Waals surface area (Å²) in [5.74, 6) is 0.673. The van der Waals surface area contributed by atoms with Crippen molar-refractivity contribution in [2.24, 2.45) is 0 Å². The SMILES string of the molecule is Clc1cc(Sc2ccccc2)cc(Nc2ncc(-c3ccncc3)s2)n1. The second-order valence-corrected chi connectivity index (χ2v) is 7.88. The molecule has 4 aromatic rings. The highest BCUT2D eigenvalue weighted by molar-refractivity contribution is 7.99. The van der Waals surface area contributed by atoms with Crippen LogP contribution >= 0.6 is 34.7 Å². The molecule has 0 saturated carbocycles. The molecule has 0 spiro atoms. The number of rotatable bonds is 5. The lowest BCUT2D eigenvalue weighted by molar-refractivity contribution is 1.24. The van der Waals surface area contributed by atoms with Crippen molar-refractivity contribution in [2.45, 2.75) is 9.79 Å². The number of halogens is 1. The molecule has 0 atom stereocenters. The monoisotopic (exact) mass is 396 g/mol. The molecule has 0 unspecified atom stereocenters. The third-order valence-corrected chi connectivity index (χ3v) is 5.59. The second kappa shape index (κ2) is 7.86. The lowest BCUT2D eigenvalue weighted by atomic mass is 10.2. The van der Waals surface area contributed by atoms with Crippen LogP contribution in [0, 0.1) is 0 Å². The van der Waals surface area contributed by atoms with Crippen LogP contribution in [0.2, 0.25) is 5.15 Å². The summed E-state index contributed by atoms with van der Waals surface area (Å²) < 4.78 is 0. The van der Waals surface area contributed by atoms with Gasteiger partial charge in [-0.3, -0.25) is 4.98 Å². The van der Waals surface area contributed by atoms with E-state index in [4.69, 9.17) is 11.6 Å². The third-order valence-electron chi connectivity index (χ3n) is 3.45. The standard InChI is InChI=1S/C19H13ClN4S2/c20-17-10-15(25-14-4-2-1-3-5-14)11-18(23-17)24-19-22-12-16(26-19)13-6-8-21-9-7-13/h1-12H,(H,22,23,24). The normalized spacial score (nSPS) is 10.7. The maximum atomic E-state index is 6.20. The van der Waals surface area contributed by atoms with Crippen molar-refractivity contribution in [3.05, 3.63) is 78.3 Å². The molecule has 0 radical (unpaired) electrons. The van der Waals surface area contributed by atoms with Crippen molar-refractivity contribution in [1.29, 1.82) is 0 Å². The number of aromatic nitrogens is 3. The first-order valence-electron chi connectivity index (χ1n) is 7.80. The molecule has 0 aliphatic heterocycles. The number of anilines is 2. The van der Waals surface area contributed by atoms with Gasteiger partial charge in [0.25, 0.3) is 0 Å². The summed E-state index contributed by atoms with van der Waals surface area (Å²) in [6.45, 7) is 0. The van der Waals surface area contributed by atoms with Gasteiger partial charge in [0.05, 0.1) is 4.88 Å². The Morgan fingerprint density at radius 3 is 2.58 bits per heavy atom. The number of nitrogens with one attached hydrogen (secondary N) is 1. The van der Waals surface area contributed by atoms with Gasteiger partial charge in [-0.15, -0.1) is 0 Å². The van der Waals surface area contributed by atoms with Crippen molar-refractivity contribution < 1.29 is 0 Å². The Hall–Kier alpha value is -2.41. The first kappa shape index (κ1) is 17.0. The molecule has 26 heavy (non-hydrogen) atoms. The van der Waals surface area contributed by atoms with E-state index < -0.39 is 0 Å². The maximum Gasteiger partial charge on any atom is 0.188 e. The molecule has 3 heterocycles. The van der Waals surface area contributed by atoms with Crippen LogP contribution in [-0.4, -0.2) is 15.0 Å². The van der Waals surface area contributed by atoms with E-state index in [1.165, 1.54) is 0 Å². The predicted molar refractivity (Wildman–Crippen MR) is 108 cm³/mol. The molecular weight excluding hydrogens is 384 g/mol. The number of hydrogen-bond acceptors (Lipinski definition) is 6. The van der Waals surface area contributed by atoms with Crippen LogP contribution < -0.4 is 5.32 Å². The third kappa shape index (κ3) is 4.22. The molecule has 1 aromatic carbocycles. The Bertz CT molecular complexity index is 1010. The molecule has 0 fully saturated rings. The van der Waals surface area contributed by atoms with E-state index in [0.717, 1.165) is 25.4 Å². The highest BCUT2D eigenvalue weighted by Gasteiger charge is 2.08. The van der Waals surface area contributed by atoms with E-state index in [9.17, 15) is 0 Å². The van der Waals surface area contributed by atoms with Crippen LogP contribution in [0.1, 0.15) is 0 Å².